The van der Waals surface area contributed by atoms with E-state index in [1.54, 1.807) is 0 Å². The average Bonchev–Trinajstić information content (AvgIpc) is 2.46. The van der Waals surface area contributed by atoms with E-state index in [4.69, 9.17) is 4.74 Å². The Morgan fingerprint density at radius 2 is 1.70 bits per heavy atom. The van der Waals surface area contributed by atoms with Crippen LogP contribution in [0.1, 0.15) is 77.0 Å². The summed E-state index contributed by atoms with van der Waals surface area (Å²) in [5, 5.41) is 20.0. The van der Waals surface area contributed by atoms with Crippen molar-refractivity contribution in [1.82, 2.24) is 0 Å². The van der Waals surface area contributed by atoms with E-state index in [0.29, 0.717) is 19.4 Å². The van der Waals surface area contributed by atoms with E-state index in [0.717, 1.165) is 11.3 Å². The molecule has 23 heavy (non-hydrogen) atoms. The average molecular weight is 322 g/mol. The van der Waals surface area contributed by atoms with E-state index in [1.807, 2.05) is 13.8 Å². The molecule has 3 atom stereocenters. The molecule has 0 saturated heterocycles. The van der Waals surface area contributed by atoms with Crippen molar-refractivity contribution in [2.75, 3.05) is 6.61 Å². The summed E-state index contributed by atoms with van der Waals surface area (Å²) in [5.74, 6) is 1.06. The fourth-order valence-electron chi connectivity index (χ4n) is 2.95. The molecule has 0 aliphatic heterocycles. The van der Waals surface area contributed by atoms with Crippen LogP contribution in [0.5, 0.6) is 5.75 Å². The minimum atomic E-state index is -0.705. The van der Waals surface area contributed by atoms with Crippen molar-refractivity contribution in [3.05, 3.63) is 28.8 Å². The zero-order valence-corrected chi connectivity index (χ0v) is 15.8. The van der Waals surface area contributed by atoms with Crippen LogP contribution in [0.4, 0.5) is 0 Å². The van der Waals surface area contributed by atoms with Gasteiger partial charge in [-0.25, -0.2) is 0 Å². The largest absolute Gasteiger partial charge is 0.493 e. The Labute approximate surface area is 141 Å². The standard InChI is InChI=1S/C20H34O3/c1-8-17(21)18(22)12-14(4)15-10-13(3)11-16(20(5,6)7)19(15)23-9-2/h10-11,14,17-18,21-22H,8-9,12H2,1-7H3. The maximum atomic E-state index is 10.2. The van der Waals surface area contributed by atoms with Gasteiger partial charge in [0.1, 0.15) is 5.75 Å². The number of hydrogen-bond acceptors (Lipinski definition) is 3. The molecule has 3 unspecified atom stereocenters. The highest BCUT2D eigenvalue weighted by atomic mass is 16.5. The molecular formula is C20H34O3. The van der Waals surface area contributed by atoms with Gasteiger partial charge in [-0.3, -0.25) is 0 Å². The van der Waals surface area contributed by atoms with Crippen molar-refractivity contribution < 1.29 is 14.9 Å². The summed E-state index contributed by atoms with van der Waals surface area (Å²) < 4.78 is 6.00. The first-order chi connectivity index (χ1) is 10.6. The van der Waals surface area contributed by atoms with Crippen molar-refractivity contribution in [3.63, 3.8) is 0 Å². The molecule has 0 amide bonds. The second kappa shape index (κ2) is 8.16. The van der Waals surface area contributed by atoms with Gasteiger partial charge in [-0.1, -0.05) is 52.3 Å². The van der Waals surface area contributed by atoms with Crippen molar-refractivity contribution >= 4 is 0 Å². The summed E-state index contributed by atoms with van der Waals surface area (Å²) in [6.07, 6.45) is -0.280. The summed E-state index contributed by atoms with van der Waals surface area (Å²) in [6, 6.07) is 4.34. The topological polar surface area (TPSA) is 49.7 Å². The molecule has 3 heteroatoms. The third-order valence-electron chi connectivity index (χ3n) is 4.35. The van der Waals surface area contributed by atoms with E-state index >= 15 is 0 Å². The van der Waals surface area contributed by atoms with Gasteiger partial charge in [0.05, 0.1) is 18.8 Å². The van der Waals surface area contributed by atoms with Crippen molar-refractivity contribution in [3.8, 4) is 5.75 Å². The van der Waals surface area contributed by atoms with E-state index in [1.165, 1.54) is 11.1 Å². The number of aliphatic hydroxyl groups is 2. The number of benzene rings is 1. The number of aliphatic hydroxyl groups excluding tert-OH is 2. The van der Waals surface area contributed by atoms with Crippen LogP contribution in [-0.4, -0.2) is 29.0 Å². The van der Waals surface area contributed by atoms with Crippen molar-refractivity contribution in [2.24, 2.45) is 0 Å². The molecule has 0 spiro atoms. The first-order valence-corrected chi connectivity index (χ1v) is 8.75. The number of hydrogen-bond donors (Lipinski definition) is 2. The molecule has 0 heterocycles. The summed E-state index contributed by atoms with van der Waals surface area (Å²) in [4.78, 5) is 0. The lowest BCUT2D eigenvalue weighted by Gasteiger charge is -2.28. The van der Waals surface area contributed by atoms with Crippen LogP contribution in [0, 0.1) is 6.92 Å². The smallest absolute Gasteiger partial charge is 0.126 e. The van der Waals surface area contributed by atoms with E-state index < -0.39 is 12.2 Å². The van der Waals surface area contributed by atoms with Crippen LogP contribution < -0.4 is 4.74 Å². The molecular weight excluding hydrogens is 288 g/mol. The van der Waals surface area contributed by atoms with Gasteiger partial charge < -0.3 is 14.9 Å². The minimum absolute atomic E-state index is 0.00740. The van der Waals surface area contributed by atoms with Gasteiger partial charge in [-0.05, 0) is 43.6 Å². The van der Waals surface area contributed by atoms with Gasteiger partial charge in [0.2, 0.25) is 0 Å². The van der Waals surface area contributed by atoms with Gasteiger partial charge in [-0.2, -0.15) is 0 Å². The highest BCUT2D eigenvalue weighted by Crippen LogP contribution is 2.40. The van der Waals surface area contributed by atoms with Crippen molar-refractivity contribution in [2.45, 2.75) is 84.8 Å². The molecule has 1 aromatic carbocycles. The Morgan fingerprint density at radius 1 is 1.09 bits per heavy atom. The van der Waals surface area contributed by atoms with Gasteiger partial charge in [0.25, 0.3) is 0 Å². The number of rotatable bonds is 7. The maximum Gasteiger partial charge on any atom is 0.126 e. The monoisotopic (exact) mass is 322 g/mol. The molecule has 2 N–H and O–H groups in total. The predicted octanol–water partition coefficient (Wildman–Crippen LogP) is 4.32. The van der Waals surface area contributed by atoms with E-state index in [-0.39, 0.29) is 11.3 Å². The van der Waals surface area contributed by atoms with Crippen LogP contribution in [0.15, 0.2) is 12.1 Å². The number of aryl methyl sites for hydroxylation is 1. The van der Waals surface area contributed by atoms with Crippen LogP contribution in [0.25, 0.3) is 0 Å². The van der Waals surface area contributed by atoms with Crippen molar-refractivity contribution in [1.29, 1.82) is 0 Å². The van der Waals surface area contributed by atoms with Crippen LogP contribution in [0.3, 0.4) is 0 Å². The molecule has 3 nitrogen and oxygen atoms in total. The fraction of sp³-hybridized carbons (Fsp3) is 0.700. The molecule has 1 aromatic rings. The molecule has 1 rings (SSSR count). The Kier molecular flexibility index (Phi) is 7.09. The first kappa shape index (κ1) is 20.0. The van der Waals surface area contributed by atoms with Gasteiger partial charge in [-0.15, -0.1) is 0 Å². The molecule has 132 valence electrons. The molecule has 0 aromatic heterocycles. The van der Waals surface area contributed by atoms with Crippen LogP contribution >= 0.6 is 0 Å². The maximum absolute atomic E-state index is 10.2. The SMILES string of the molecule is CCOc1c(C(C)CC(O)C(O)CC)cc(C)cc1C(C)(C)C. The van der Waals surface area contributed by atoms with Crippen LogP contribution in [-0.2, 0) is 5.41 Å². The second-order valence-electron chi connectivity index (χ2n) is 7.59. The lowest BCUT2D eigenvalue weighted by Crippen LogP contribution is -2.27. The molecule has 0 saturated carbocycles. The quantitative estimate of drug-likeness (QED) is 0.786. The van der Waals surface area contributed by atoms with Gasteiger partial charge >= 0.3 is 0 Å². The Hall–Kier alpha value is -1.06. The lowest BCUT2D eigenvalue weighted by molar-refractivity contribution is 0.00940. The van der Waals surface area contributed by atoms with Gasteiger partial charge in [0.15, 0.2) is 0 Å². The zero-order chi connectivity index (χ0) is 17.8. The Morgan fingerprint density at radius 3 is 2.17 bits per heavy atom. The predicted molar refractivity (Wildman–Crippen MR) is 96.4 cm³/mol. The Bertz CT molecular complexity index is 502. The van der Waals surface area contributed by atoms with E-state index in [2.05, 4.69) is 46.8 Å². The Balaban J connectivity index is 3.25. The highest BCUT2D eigenvalue weighted by molar-refractivity contribution is 5.49. The zero-order valence-electron chi connectivity index (χ0n) is 15.8. The summed E-state index contributed by atoms with van der Waals surface area (Å²) >= 11 is 0. The molecule has 0 aliphatic rings. The lowest BCUT2D eigenvalue weighted by atomic mass is 9.81. The molecule has 0 bridgehead atoms. The summed E-state index contributed by atoms with van der Waals surface area (Å²) in [5.41, 5.74) is 3.52. The molecule has 0 radical (unpaired) electrons. The van der Waals surface area contributed by atoms with E-state index in [9.17, 15) is 10.2 Å². The second-order valence-corrected chi connectivity index (χ2v) is 7.59. The third kappa shape index (κ3) is 5.22. The summed E-state index contributed by atoms with van der Waals surface area (Å²) in [6.45, 7) is 15.3. The van der Waals surface area contributed by atoms with Gasteiger partial charge in [0, 0.05) is 5.56 Å². The van der Waals surface area contributed by atoms with Crippen LogP contribution in [0.2, 0.25) is 0 Å². The first-order valence-electron chi connectivity index (χ1n) is 8.75. The molecule has 0 fully saturated rings. The normalized spacial score (nSPS) is 16.0. The number of ether oxygens (including phenoxy) is 1. The minimum Gasteiger partial charge on any atom is -0.493 e. The highest BCUT2D eigenvalue weighted by Gasteiger charge is 2.26. The molecule has 0 aliphatic carbocycles. The fourth-order valence-corrected chi connectivity index (χ4v) is 2.95. The third-order valence-corrected chi connectivity index (χ3v) is 4.35. The summed E-state index contributed by atoms with van der Waals surface area (Å²) in [7, 11) is 0.